The maximum absolute atomic E-state index is 13.8. The van der Waals surface area contributed by atoms with Crippen molar-refractivity contribution in [1.29, 1.82) is 0 Å². The molecule has 3 nitrogen and oxygen atoms in total. The van der Waals surface area contributed by atoms with Gasteiger partial charge in [-0.1, -0.05) is 55.9 Å². The second-order valence-electron chi connectivity index (χ2n) is 10.4. The lowest BCUT2D eigenvalue weighted by molar-refractivity contribution is -0.123. The first-order valence-electron chi connectivity index (χ1n) is 11.4. The lowest BCUT2D eigenvalue weighted by atomic mass is 9.60. The fourth-order valence-electron chi connectivity index (χ4n) is 5.66. The standard InChI is InChI=1S/C26H37FO3/c1-17(7-5-13-25(2,3)30)21-11-12-22-18(8-6-14-26(21,22)4)9-10-19-15-20(28)16-23(27)24(19)29/h5,9-13,17,20-23,28,30H,6-8,14-16H2,1-4H3/b13-5+,18-9-,19-10+. The van der Waals surface area contributed by atoms with E-state index in [1.54, 1.807) is 19.9 Å². The van der Waals surface area contributed by atoms with Crippen molar-refractivity contribution in [3.8, 4) is 0 Å². The molecule has 0 heterocycles. The number of allylic oxidation sites excluding steroid dienone is 6. The van der Waals surface area contributed by atoms with E-state index in [-0.39, 0.29) is 18.3 Å². The molecule has 30 heavy (non-hydrogen) atoms. The summed E-state index contributed by atoms with van der Waals surface area (Å²) in [5.41, 5.74) is 1.07. The second kappa shape index (κ2) is 8.92. The molecule has 3 aliphatic carbocycles. The van der Waals surface area contributed by atoms with Gasteiger partial charge >= 0.3 is 0 Å². The van der Waals surface area contributed by atoms with Gasteiger partial charge in [0.15, 0.2) is 12.0 Å². The summed E-state index contributed by atoms with van der Waals surface area (Å²) in [6.45, 7) is 8.22. The van der Waals surface area contributed by atoms with E-state index in [4.69, 9.17) is 0 Å². The van der Waals surface area contributed by atoms with Gasteiger partial charge in [0.05, 0.1) is 11.7 Å². The van der Waals surface area contributed by atoms with Crippen LogP contribution in [0.5, 0.6) is 0 Å². The molecule has 0 aromatic carbocycles. The van der Waals surface area contributed by atoms with Gasteiger partial charge in [-0.25, -0.2) is 4.39 Å². The summed E-state index contributed by atoms with van der Waals surface area (Å²) in [5.74, 6) is 0.787. The number of hydrogen-bond acceptors (Lipinski definition) is 3. The Labute approximate surface area is 180 Å². The van der Waals surface area contributed by atoms with Gasteiger partial charge in [-0.2, -0.15) is 0 Å². The molecule has 0 aromatic heterocycles. The Morgan fingerprint density at radius 2 is 2.07 bits per heavy atom. The molecule has 0 saturated heterocycles. The van der Waals surface area contributed by atoms with Gasteiger partial charge in [0, 0.05) is 24.3 Å². The number of Topliss-reactive ketones (excluding diaryl/α,β-unsaturated/α-hetero) is 1. The minimum atomic E-state index is -1.58. The second-order valence-corrected chi connectivity index (χ2v) is 10.4. The van der Waals surface area contributed by atoms with Crippen molar-refractivity contribution in [1.82, 2.24) is 0 Å². The lowest BCUT2D eigenvalue weighted by Gasteiger charge is -2.44. The van der Waals surface area contributed by atoms with E-state index < -0.39 is 23.7 Å². The summed E-state index contributed by atoms with van der Waals surface area (Å²) >= 11 is 0. The first-order valence-corrected chi connectivity index (χ1v) is 11.4. The number of rotatable bonds is 5. The van der Waals surface area contributed by atoms with Crippen LogP contribution < -0.4 is 0 Å². The number of aliphatic hydroxyl groups excluding tert-OH is 1. The van der Waals surface area contributed by atoms with Crippen molar-refractivity contribution < 1.29 is 19.4 Å². The smallest absolute Gasteiger partial charge is 0.193 e. The zero-order chi connectivity index (χ0) is 22.1. The van der Waals surface area contributed by atoms with Gasteiger partial charge in [0.1, 0.15) is 0 Å². The topological polar surface area (TPSA) is 57.5 Å². The third-order valence-electron chi connectivity index (χ3n) is 7.24. The maximum Gasteiger partial charge on any atom is 0.193 e. The van der Waals surface area contributed by atoms with Crippen molar-refractivity contribution in [2.75, 3.05) is 0 Å². The van der Waals surface area contributed by atoms with Crippen LogP contribution in [0.4, 0.5) is 4.39 Å². The number of ketones is 1. The molecule has 2 N–H and O–H groups in total. The summed E-state index contributed by atoms with van der Waals surface area (Å²) in [4.78, 5) is 12.1. The van der Waals surface area contributed by atoms with Gasteiger partial charge in [-0.15, -0.1) is 0 Å². The molecule has 2 fully saturated rings. The van der Waals surface area contributed by atoms with E-state index in [2.05, 4.69) is 32.1 Å². The fourth-order valence-corrected chi connectivity index (χ4v) is 5.66. The molecule has 6 atom stereocenters. The first-order chi connectivity index (χ1) is 14.0. The summed E-state index contributed by atoms with van der Waals surface area (Å²) in [6, 6.07) is 0. The third kappa shape index (κ3) is 5.03. The van der Waals surface area contributed by atoms with Crippen molar-refractivity contribution in [2.45, 2.75) is 84.1 Å². The van der Waals surface area contributed by atoms with Crippen LogP contribution in [0.2, 0.25) is 0 Å². The van der Waals surface area contributed by atoms with Gasteiger partial charge in [-0.05, 0) is 56.8 Å². The van der Waals surface area contributed by atoms with E-state index >= 15 is 0 Å². The SMILES string of the molecule is CC(C/C=C/C(C)(C)O)C1C=CC2/C(=C\C=C3/CC(O)CC(F)C3=O)CCCC21C. The average Bonchev–Trinajstić information content (AvgIpc) is 3.00. The van der Waals surface area contributed by atoms with Gasteiger partial charge < -0.3 is 10.2 Å². The van der Waals surface area contributed by atoms with Crippen molar-refractivity contribution in [2.24, 2.45) is 23.2 Å². The normalized spacial score (nSPS) is 38.6. The van der Waals surface area contributed by atoms with Crippen LogP contribution in [0, 0.1) is 23.2 Å². The monoisotopic (exact) mass is 416 g/mol. The molecule has 6 unspecified atom stereocenters. The summed E-state index contributed by atoms with van der Waals surface area (Å²) in [5, 5.41) is 19.7. The molecule has 3 aliphatic rings. The molecule has 4 heteroatoms. The fraction of sp³-hybridized carbons (Fsp3) is 0.654. The van der Waals surface area contributed by atoms with Crippen LogP contribution in [0.1, 0.15) is 66.2 Å². The number of aliphatic hydroxyl groups is 2. The molecule has 0 amide bonds. The van der Waals surface area contributed by atoms with Crippen molar-refractivity contribution in [3.05, 3.63) is 47.6 Å². The quantitative estimate of drug-likeness (QED) is 0.476. The van der Waals surface area contributed by atoms with Crippen molar-refractivity contribution >= 4 is 5.78 Å². The number of carbonyl (C=O) groups is 1. The van der Waals surface area contributed by atoms with Crippen LogP contribution in [0.3, 0.4) is 0 Å². The van der Waals surface area contributed by atoms with Crippen LogP contribution in [-0.4, -0.2) is 33.9 Å². The first kappa shape index (κ1) is 23.1. The molecule has 0 spiro atoms. The number of hydrogen-bond donors (Lipinski definition) is 2. The highest BCUT2D eigenvalue weighted by Crippen LogP contribution is 2.56. The Hall–Kier alpha value is -1.52. The Morgan fingerprint density at radius 1 is 1.33 bits per heavy atom. The third-order valence-corrected chi connectivity index (χ3v) is 7.24. The van der Waals surface area contributed by atoms with E-state index in [1.165, 1.54) is 5.57 Å². The number of halogens is 1. The summed E-state index contributed by atoms with van der Waals surface area (Å²) in [7, 11) is 0. The number of alkyl halides is 1. The van der Waals surface area contributed by atoms with Crippen LogP contribution in [0.15, 0.2) is 47.6 Å². The van der Waals surface area contributed by atoms with Gasteiger partial charge in [0.25, 0.3) is 0 Å². The number of fused-ring (bicyclic) bond motifs is 1. The number of carbonyl (C=O) groups excluding carboxylic acids is 1. The largest absolute Gasteiger partial charge is 0.393 e. The predicted molar refractivity (Wildman–Crippen MR) is 119 cm³/mol. The minimum Gasteiger partial charge on any atom is -0.393 e. The molecule has 0 radical (unpaired) electrons. The molecule has 0 aromatic rings. The molecule has 3 rings (SSSR count). The highest BCUT2D eigenvalue weighted by atomic mass is 19.1. The highest BCUT2D eigenvalue weighted by Gasteiger charge is 2.47. The van der Waals surface area contributed by atoms with Crippen LogP contribution in [0.25, 0.3) is 0 Å². The molecule has 0 bridgehead atoms. The Balaban J connectivity index is 1.75. The maximum atomic E-state index is 13.8. The molecular formula is C26H37FO3. The summed E-state index contributed by atoms with van der Waals surface area (Å²) in [6.07, 6.45) is 14.4. The average molecular weight is 417 g/mol. The molecule has 166 valence electrons. The van der Waals surface area contributed by atoms with Gasteiger partial charge in [0.2, 0.25) is 0 Å². The summed E-state index contributed by atoms with van der Waals surface area (Å²) < 4.78 is 13.8. The molecule has 2 saturated carbocycles. The zero-order valence-corrected chi connectivity index (χ0v) is 18.8. The van der Waals surface area contributed by atoms with Crippen LogP contribution in [-0.2, 0) is 4.79 Å². The predicted octanol–water partition coefficient (Wildman–Crippen LogP) is 5.25. The van der Waals surface area contributed by atoms with E-state index in [9.17, 15) is 19.4 Å². The minimum absolute atomic E-state index is 0.0857. The lowest BCUT2D eigenvalue weighted by Crippen LogP contribution is -2.36. The van der Waals surface area contributed by atoms with Crippen molar-refractivity contribution in [3.63, 3.8) is 0 Å². The van der Waals surface area contributed by atoms with E-state index in [1.807, 2.05) is 12.2 Å². The molecule has 0 aliphatic heterocycles. The van der Waals surface area contributed by atoms with Crippen LogP contribution >= 0.6 is 0 Å². The highest BCUT2D eigenvalue weighted by molar-refractivity contribution is 5.99. The van der Waals surface area contributed by atoms with Gasteiger partial charge in [-0.3, -0.25) is 4.79 Å². The Bertz CT molecular complexity index is 770. The molecular weight excluding hydrogens is 379 g/mol. The van der Waals surface area contributed by atoms with E-state index in [0.717, 1.165) is 25.7 Å². The zero-order valence-electron chi connectivity index (χ0n) is 18.8. The van der Waals surface area contributed by atoms with E-state index in [0.29, 0.717) is 23.3 Å². The Morgan fingerprint density at radius 3 is 2.77 bits per heavy atom. The Kier molecular flexibility index (Phi) is 6.88.